The molecular weight excluding hydrogens is 270 g/mol. The van der Waals surface area contributed by atoms with Gasteiger partial charge < -0.3 is 5.32 Å². The lowest BCUT2D eigenvalue weighted by atomic mass is 10.2. The third-order valence-electron chi connectivity index (χ3n) is 2.29. The van der Waals surface area contributed by atoms with Gasteiger partial charge in [0.05, 0.1) is 4.88 Å². The van der Waals surface area contributed by atoms with Gasteiger partial charge in [0.25, 0.3) is 5.91 Å². The zero-order valence-corrected chi connectivity index (χ0v) is 10.9. The number of alkyl halides is 1. The molecule has 3 nitrogen and oxygen atoms in total. The summed E-state index contributed by atoms with van der Waals surface area (Å²) in [6.45, 7) is 0. The zero-order valence-electron chi connectivity index (χ0n) is 9.30. The number of thiophene rings is 1. The molecule has 1 aromatic heterocycles. The van der Waals surface area contributed by atoms with Gasteiger partial charge >= 0.3 is 0 Å². The predicted molar refractivity (Wildman–Crippen MR) is 72.2 cm³/mol. The molecular formula is C13H10ClNO2S. The fraction of sp³-hybridized carbons (Fsp3) is 0.0769. The van der Waals surface area contributed by atoms with Crippen LogP contribution in [-0.2, 0) is 0 Å². The average molecular weight is 280 g/mol. The van der Waals surface area contributed by atoms with Gasteiger partial charge in [-0.3, -0.25) is 9.59 Å². The van der Waals surface area contributed by atoms with E-state index >= 15 is 0 Å². The van der Waals surface area contributed by atoms with E-state index < -0.39 is 5.50 Å². The Morgan fingerprint density at radius 2 is 1.83 bits per heavy atom. The monoisotopic (exact) mass is 279 g/mol. The van der Waals surface area contributed by atoms with Crippen molar-refractivity contribution in [3.8, 4) is 0 Å². The van der Waals surface area contributed by atoms with Gasteiger partial charge in [0.1, 0.15) is 0 Å². The molecule has 1 aromatic carbocycles. The Balaban J connectivity index is 2.02. The van der Waals surface area contributed by atoms with Crippen molar-refractivity contribution in [2.24, 2.45) is 0 Å². The molecule has 1 N–H and O–H groups in total. The van der Waals surface area contributed by atoms with Crippen LogP contribution in [0, 0.1) is 0 Å². The molecule has 0 radical (unpaired) electrons. The molecule has 2 aromatic rings. The second-order valence-electron chi connectivity index (χ2n) is 3.54. The van der Waals surface area contributed by atoms with E-state index in [9.17, 15) is 9.59 Å². The summed E-state index contributed by atoms with van der Waals surface area (Å²) in [5.74, 6) is -0.656. The number of amides is 1. The molecule has 0 saturated carbocycles. The normalized spacial score (nSPS) is 11.8. The van der Waals surface area contributed by atoms with Crippen LogP contribution in [0.15, 0.2) is 47.8 Å². The molecule has 92 valence electrons. The summed E-state index contributed by atoms with van der Waals surface area (Å²) < 4.78 is 0. The Morgan fingerprint density at radius 3 is 2.44 bits per heavy atom. The fourth-order valence-corrected chi connectivity index (χ4v) is 2.37. The first-order valence-electron chi connectivity index (χ1n) is 5.26. The molecule has 0 fully saturated rings. The lowest BCUT2D eigenvalue weighted by Crippen LogP contribution is -2.36. The lowest BCUT2D eigenvalue weighted by Gasteiger charge is -2.09. The summed E-state index contributed by atoms with van der Waals surface area (Å²) in [6, 6.07) is 12.1. The fourth-order valence-electron chi connectivity index (χ4n) is 1.40. The third kappa shape index (κ3) is 2.97. The summed E-state index contributed by atoms with van der Waals surface area (Å²) >= 11 is 7.19. The Bertz CT molecular complexity index is 539. The summed E-state index contributed by atoms with van der Waals surface area (Å²) in [6.07, 6.45) is 0. The molecule has 0 saturated heterocycles. The van der Waals surface area contributed by atoms with Gasteiger partial charge in [-0.2, -0.15) is 0 Å². The van der Waals surface area contributed by atoms with Crippen LogP contribution < -0.4 is 5.32 Å². The molecule has 0 aliphatic heterocycles. The smallest absolute Gasteiger partial charge is 0.252 e. The minimum Gasteiger partial charge on any atom is -0.329 e. The first kappa shape index (κ1) is 12.8. The second-order valence-corrected chi connectivity index (χ2v) is 4.93. The van der Waals surface area contributed by atoms with Crippen LogP contribution in [0.2, 0.25) is 0 Å². The molecule has 18 heavy (non-hydrogen) atoms. The topological polar surface area (TPSA) is 46.2 Å². The van der Waals surface area contributed by atoms with E-state index in [0.29, 0.717) is 10.4 Å². The second kappa shape index (κ2) is 5.80. The molecule has 2 rings (SSSR count). The molecule has 0 bridgehead atoms. The Hall–Kier alpha value is -1.65. The molecule has 0 aliphatic carbocycles. The van der Waals surface area contributed by atoms with E-state index in [1.807, 2.05) is 6.07 Å². The van der Waals surface area contributed by atoms with Gasteiger partial charge in [0.15, 0.2) is 5.50 Å². The van der Waals surface area contributed by atoms with Crippen molar-refractivity contribution in [2.75, 3.05) is 0 Å². The van der Waals surface area contributed by atoms with E-state index in [2.05, 4.69) is 5.32 Å². The van der Waals surface area contributed by atoms with Crippen LogP contribution >= 0.6 is 22.9 Å². The van der Waals surface area contributed by atoms with Gasteiger partial charge in [-0.15, -0.1) is 11.3 Å². The number of nitrogens with one attached hydrogen (secondary N) is 1. The van der Waals surface area contributed by atoms with Crippen LogP contribution in [-0.4, -0.2) is 17.2 Å². The first-order chi connectivity index (χ1) is 8.68. The largest absolute Gasteiger partial charge is 0.329 e. The number of halogens is 1. The maximum atomic E-state index is 11.8. The summed E-state index contributed by atoms with van der Waals surface area (Å²) in [5.41, 5.74) is -0.571. The molecule has 5 heteroatoms. The van der Waals surface area contributed by atoms with Crippen molar-refractivity contribution >= 4 is 34.6 Å². The van der Waals surface area contributed by atoms with E-state index in [1.54, 1.807) is 41.8 Å². The van der Waals surface area contributed by atoms with E-state index in [1.165, 1.54) is 11.3 Å². The highest BCUT2D eigenvalue weighted by atomic mass is 35.5. The number of rotatable bonds is 4. The van der Waals surface area contributed by atoms with Crippen LogP contribution in [0.25, 0.3) is 0 Å². The number of ketones is 1. The molecule has 1 heterocycles. The maximum Gasteiger partial charge on any atom is 0.252 e. The number of carbonyl (C=O) groups excluding carboxylic acids is 2. The standard InChI is InChI=1S/C13H10ClNO2S/c14-12(11(16)10-7-4-8-18-10)15-13(17)9-5-2-1-3-6-9/h1-8,12H,(H,15,17). The predicted octanol–water partition coefficient (Wildman–Crippen LogP) is 2.93. The quantitative estimate of drug-likeness (QED) is 0.531. The summed E-state index contributed by atoms with van der Waals surface area (Å²) in [7, 11) is 0. The van der Waals surface area contributed by atoms with Crippen molar-refractivity contribution in [3.05, 3.63) is 58.3 Å². The van der Waals surface area contributed by atoms with Crippen molar-refractivity contribution in [2.45, 2.75) is 5.50 Å². The van der Waals surface area contributed by atoms with Crippen molar-refractivity contribution < 1.29 is 9.59 Å². The highest BCUT2D eigenvalue weighted by Crippen LogP contribution is 2.13. The highest BCUT2D eigenvalue weighted by Gasteiger charge is 2.20. The van der Waals surface area contributed by atoms with Gasteiger partial charge in [-0.25, -0.2) is 0 Å². The minimum absolute atomic E-state index is 0.295. The number of hydrogen-bond acceptors (Lipinski definition) is 3. The van der Waals surface area contributed by atoms with Crippen molar-refractivity contribution in [1.82, 2.24) is 5.32 Å². The zero-order chi connectivity index (χ0) is 13.0. The Morgan fingerprint density at radius 1 is 1.11 bits per heavy atom. The Labute approximate surface area is 113 Å². The molecule has 1 atom stereocenters. The SMILES string of the molecule is O=C(NC(Cl)C(=O)c1cccs1)c1ccccc1. The van der Waals surface area contributed by atoms with Crippen molar-refractivity contribution in [1.29, 1.82) is 0 Å². The maximum absolute atomic E-state index is 11.8. The lowest BCUT2D eigenvalue weighted by molar-refractivity contribution is 0.0891. The van der Waals surface area contributed by atoms with Crippen LogP contribution in [0.3, 0.4) is 0 Å². The number of Topliss-reactive ketones (excluding diaryl/α,β-unsaturated/α-hetero) is 1. The van der Waals surface area contributed by atoms with E-state index in [0.717, 1.165) is 0 Å². The third-order valence-corrected chi connectivity index (χ3v) is 3.48. The summed E-state index contributed by atoms with van der Waals surface area (Å²) in [4.78, 5) is 24.2. The van der Waals surface area contributed by atoms with Gasteiger partial charge in [0, 0.05) is 5.56 Å². The first-order valence-corrected chi connectivity index (χ1v) is 6.58. The van der Waals surface area contributed by atoms with Crippen LogP contribution in [0.5, 0.6) is 0 Å². The van der Waals surface area contributed by atoms with E-state index in [-0.39, 0.29) is 11.7 Å². The molecule has 0 aliphatic rings. The van der Waals surface area contributed by atoms with Crippen LogP contribution in [0.1, 0.15) is 20.0 Å². The highest BCUT2D eigenvalue weighted by molar-refractivity contribution is 7.12. The van der Waals surface area contributed by atoms with Gasteiger partial charge in [-0.1, -0.05) is 35.9 Å². The van der Waals surface area contributed by atoms with Gasteiger partial charge in [0.2, 0.25) is 5.78 Å². The molecule has 0 spiro atoms. The van der Waals surface area contributed by atoms with Crippen molar-refractivity contribution in [3.63, 3.8) is 0 Å². The number of carbonyl (C=O) groups is 2. The van der Waals surface area contributed by atoms with Crippen LogP contribution in [0.4, 0.5) is 0 Å². The molecule has 1 unspecified atom stereocenters. The Kier molecular flexibility index (Phi) is 4.12. The average Bonchev–Trinajstić information content (AvgIpc) is 2.92. The van der Waals surface area contributed by atoms with E-state index in [4.69, 9.17) is 11.6 Å². The summed E-state index contributed by atoms with van der Waals surface area (Å²) in [5, 5.41) is 4.26. The van der Waals surface area contributed by atoms with Gasteiger partial charge in [-0.05, 0) is 23.6 Å². The number of hydrogen-bond donors (Lipinski definition) is 1. The minimum atomic E-state index is -1.05. The number of benzene rings is 1. The molecule has 1 amide bonds.